The van der Waals surface area contributed by atoms with Crippen molar-refractivity contribution in [3.8, 4) is 0 Å². The van der Waals surface area contributed by atoms with E-state index in [1.54, 1.807) is 11.0 Å². The van der Waals surface area contributed by atoms with Crippen LogP contribution in [0.5, 0.6) is 0 Å². The maximum absolute atomic E-state index is 13.6. The standard InChI is InChI=1S/C14H17FN2O/c15-12-3-1-2-11-9-17(14(18)13(11)12)8-10-4-6-16-7-5-10/h1-3,10,16H,4-9H2. The predicted molar refractivity (Wildman–Crippen MR) is 66.7 cm³/mol. The first-order valence-corrected chi connectivity index (χ1v) is 6.53. The van der Waals surface area contributed by atoms with Gasteiger partial charge >= 0.3 is 0 Å². The highest BCUT2D eigenvalue weighted by Crippen LogP contribution is 2.27. The Morgan fingerprint density at radius 1 is 1.33 bits per heavy atom. The van der Waals surface area contributed by atoms with Crippen molar-refractivity contribution in [1.29, 1.82) is 0 Å². The van der Waals surface area contributed by atoms with E-state index in [1.807, 2.05) is 6.07 Å². The summed E-state index contributed by atoms with van der Waals surface area (Å²) >= 11 is 0. The molecular weight excluding hydrogens is 231 g/mol. The number of nitrogens with zero attached hydrogens (tertiary/aromatic N) is 1. The van der Waals surface area contributed by atoms with Crippen LogP contribution >= 0.6 is 0 Å². The number of carbonyl (C=O) groups excluding carboxylic acids is 1. The zero-order chi connectivity index (χ0) is 12.5. The molecule has 1 N–H and O–H groups in total. The molecule has 96 valence electrons. The normalized spacial score (nSPS) is 20.3. The molecule has 1 saturated heterocycles. The lowest BCUT2D eigenvalue weighted by Gasteiger charge is -2.27. The van der Waals surface area contributed by atoms with Crippen molar-refractivity contribution >= 4 is 5.91 Å². The average molecular weight is 248 g/mol. The van der Waals surface area contributed by atoms with Crippen LogP contribution < -0.4 is 5.32 Å². The lowest BCUT2D eigenvalue weighted by molar-refractivity contribution is 0.0737. The molecule has 2 heterocycles. The highest BCUT2D eigenvalue weighted by atomic mass is 19.1. The lowest BCUT2D eigenvalue weighted by atomic mass is 9.98. The van der Waals surface area contributed by atoms with Crippen molar-refractivity contribution in [3.63, 3.8) is 0 Å². The van der Waals surface area contributed by atoms with Crippen LogP contribution in [0.1, 0.15) is 28.8 Å². The van der Waals surface area contributed by atoms with Crippen LogP contribution in [0.3, 0.4) is 0 Å². The molecule has 0 radical (unpaired) electrons. The van der Waals surface area contributed by atoms with E-state index in [1.165, 1.54) is 6.07 Å². The summed E-state index contributed by atoms with van der Waals surface area (Å²) in [4.78, 5) is 14.0. The van der Waals surface area contributed by atoms with E-state index >= 15 is 0 Å². The second kappa shape index (κ2) is 4.69. The maximum atomic E-state index is 13.6. The third kappa shape index (κ3) is 2.01. The molecule has 0 saturated carbocycles. The molecule has 0 aromatic heterocycles. The summed E-state index contributed by atoms with van der Waals surface area (Å²) in [5.41, 5.74) is 1.11. The molecule has 4 heteroatoms. The Morgan fingerprint density at radius 3 is 2.83 bits per heavy atom. The van der Waals surface area contributed by atoms with Gasteiger partial charge in [-0.15, -0.1) is 0 Å². The number of benzene rings is 1. The van der Waals surface area contributed by atoms with Gasteiger partial charge in [-0.05, 0) is 43.5 Å². The molecule has 0 unspecified atom stereocenters. The first-order chi connectivity index (χ1) is 8.75. The van der Waals surface area contributed by atoms with Crippen LogP contribution in [0.25, 0.3) is 0 Å². The fourth-order valence-corrected chi connectivity index (χ4v) is 2.90. The summed E-state index contributed by atoms with van der Waals surface area (Å²) < 4.78 is 13.6. The minimum absolute atomic E-state index is 0.137. The SMILES string of the molecule is O=C1c2c(F)cccc2CN1CC1CCNCC1. The monoisotopic (exact) mass is 248 g/mol. The Labute approximate surface area is 106 Å². The summed E-state index contributed by atoms with van der Waals surface area (Å²) in [5, 5.41) is 3.31. The zero-order valence-corrected chi connectivity index (χ0v) is 10.3. The number of piperidine rings is 1. The Bertz CT molecular complexity index is 469. The van der Waals surface area contributed by atoms with Crippen molar-refractivity contribution in [2.75, 3.05) is 19.6 Å². The third-order valence-electron chi connectivity index (χ3n) is 3.90. The summed E-state index contributed by atoms with van der Waals surface area (Å²) in [6.45, 7) is 3.37. The molecule has 2 aliphatic rings. The van der Waals surface area contributed by atoms with Crippen molar-refractivity contribution in [1.82, 2.24) is 10.2 Å². The average Bonchev–Trinajstić information content (AvgIpc) is 2.69. The van der Waals surface area contributed by atoms with Crippen LogP contribution in [0.15, 0.2) is 18.2 Å². The topological polar surface area (TPSA) is 32.3 Å². The number of rotatable bonds is 2. The Balaban J connectivity index is 1.74. The second-order valence-corrected chi connectivity index (χ2v) is 5.15. The van der Waals surface area contributed by atoms with Gasteiger partial charge in [0.05, 0.1) is 5.56 Å². The van der Waals surface area contributed by atoms with Crippen LogP contribution in [0, 0.1) is 11.7 Å². The third-order valence-corrected chi connectivity index (χ3v) is 3.90. The van der Waals surface area contributed by atoms with E-state index in [9.17, 15) is 9.18 Å². The van der Waals surface area contributed by atoms with E-state index in [0.717, 1.165) is 38.0 Å². The van der Waals surface area contributed by atoms with E-state index in [4.69, 9.17) is 0 Å². The maximum Gasteiger partial charge on any atom is 0.257 e. The van der Waals surface area contributed by atoms with Crippen molar-refractivity contribution in [2.45, 2.75) is 19.4 Å². The van der Waals surface area contributed by atoms with Gasteiger partial charge in [-0.2, -0.15) is 0 Å². The fraction of sp³-hybridized carbons (Fsp3) is 0.500. The van der Waals surface area contributed by atoms with Gasteiger partial charge in [-0.25, -0.2) is 4.39 Å². The van der Waals surface area contributed by atoms with Gasteiger partial charge in [0, 0.05) is 13.1 Å². The summed E-state index contributed by atoms with van der Waals surface area (Å²) in [7, 11) is 0. The van der Waals surface area contributed by atoms with Gasteiger partial charge in [0.25, 0.3) is 5.91 Å². The minimum Gasteiger partial charge on any atom is -0.334 e. The molecule has 0 atom stereocenters. The molecule has 1 amide bonds. The number of nitrogens with one attached hydrogen (secondary N) is 1. The molecule has 0 aliphatic carbocycles. The number of hydrogen-bond acceptors (Lipinski definition) is 2. The molecule has 2 aliphatic heterocycles. The first kappa shape index (κ1) is 11.7. The zero-order valence-electron chi connectivity index (χ0n) is 10.3. The quantitative estimate of drug-likeness (QED) is 0.865. The number of halogens is 1. The van der Waals surface area contributed by atoms with Crippen molar-refractivity contribution < 1.29 is 9.18 Å². The molecule has 3 rings (SSSR count). The molecule has 1 fully saturated rings. The number of carbonyl (C=O) groups is 1. The second-order valence-electron chi connectivity index (χ2n) is 5.15. The molecule has 18 heavy (non-hydrogen) atoms. The molecule has 1 aromatic rings. The predicted octanol–water partition coefficient (Wildman–Crippen LogP) is 1.78. The van der Waals surface area contributed by atoms with Gasteiger partial charge in [0.15, 0.2) is 0 Å². The molecule has 0 bridgehead atoms. The largest absolute Gasteiger partial charge is 0.334 e. The Morgan fingerprint density at radius 2 is 2.11 bits per heavy atom. The van der Waals surface area contributed by atoms with E-state index in [2.05, 4.69) is 5.32 Å². The Hall–Kier alpha value is -1.42. The van der Waals surface area contributed by atoms with Gasteiger partial charge in [-0.1, -0.05) is 12.1 Å². The van der Waals surface area contributed by atoms with Crippen LogP contribution in [0.4, 0.5) is 4.39 Å². The highest BCUT2D eigenvalue weighted by molar-refractivity contribution is 5.98. The van der Waals surface area contributed by atoms with E-state index in [0.29, 0.717) is 12.5 Å². The van der Waals surface area contributed by atoms with Gasteiger partial charge in [0.2, 0.25) is 0 Å². The summed E-state index contributed by atoms with van der Waals surface area (Å²) in [6.07, 6.45) is 2.20. The van der Waals surface area contributed by atoms with E-state index in [-0.39, 0.29) is 17.3 Å². The minimum atomic E-state index is -0.384. The van der Waals surface area contributed by atoms with Crippen LogP contribution in [-0.4, -0.2) is 30.4 Å². The number of amides is 1. The van der Waals surface area contributed by atoms with E-state index < -0.39 is 0 Å². The van der Waals surface area contributed by atoms with Crippen LogP contribution in [-0.2, 0) is 6.54 Å². The van der Waals surface area contributed by atoms with Gasteiger partial charge < -0.3 is 10.2 Å². The first-order valence-electron chi connectivity index (χ1n) is 6.53. The number of fused-ring (bicyclic) bond motifs is 1. The molecule has 0 spiro atoms. The smallest absolute Gasteiger partial charge is 0.257 e. The molecular formula is C14H17FN2O. The molecule has 3 nitrogen and oxygen atoms in total. The fourth-order valence-electron chi connectivity index (χ4n) is 2.90. The van der Waals surface area contributed by atoms with Gasteiger partial charge in [0.1, 0.15) is 5.82 Å². The Kier molecular flexibility index (Phi) is 3.04. The highest BCUT2D eigenvalue weighted by Gasteiger charge is 2.31. The summed E-state index contributed by atoms with van der Waals surface area (Å²) in [6, 6.07) is 4.89. The summed E-state index contributed by atoms with van der Waals surface area (Å²) in [5.74, 6) is 0.0273. The van der Waals surface area contributed by atoms with Crippen molar-refractivity contribution in [3.05, 3.63) is 35.1 Å². The number of hydrogen-bond donors (Lipinski definition) is 1. The van der Waals surface area contributed by atoms with Crippen molar-refractivity contribution in [2.24, 2.45) is 5.92 Å². The van der Waals surface area contributed by atoms with Crippen LogP contribution in [0.2, 0.25) is 0 Å². The van der Waals surface area contributed by atoms with Gasteiger partial charge in [-0.3, -0.25) is 4.79 Å². The molecule has 1 aromatic carbocycles. The lowest BCUT2D eigenvalue weighted by Crippen LogP contribution is -2.36.